The number of nitriles is 1. The van der Waals surface area contributed by atoms with E-state index in [0.717, 1.165) is 0 Å². The van der Waals surface area contributed by atoms with Gasteiger partial charge in [-0.25, -0.2) is 0 Å². The number of nitro groups is 1. The van der Waals surface area contributed by atoms with Crippen LogP contribution < -0.4 is 0 Å². The van der Waals surface area contributed by atoms with Gasteiger partial charge in [-0.1, -0.05) is 11.6 Å². The fourth-order valence-electron chi connectivity index (χ4n) is 2.61. The predicted molar refractivity (Wildman–Crippen MR) is 96.8 cm³/mol. The number of halogens is 1. The molecule has 0 radical (unpaired) electrons. The molecule has 0 spiro atoms. The van der Waals surface area contributed by atoms with Crippen LogP contribution in [0.1, 0.15) is 5.76 Å². The fourth-order valence-corrected chi connectivity index (χ4v) is 2.80. The summed E-state index contributed by atoms with van der Waals surface area (Å²) in [5.41, 5.74) is 0.173. The topological polar surface area (TPSA) is 110 Å². The minimum Gasteiger partial charge on any atom is -0.457 e. The Morgan fingerprint density at radius 1 is 1.30 bits per heavy atom. The smallest absolute Gasteiger partial charge is 0.288 e. The molecule has 0 N–H and O–H groups in total. The van der Waals surface area contributed by atoms with Gasteiger partial charge in [0.25, 0.3) is 11.6 Å². The lowest BCUT2D eigenvalue weighted by molar-refractivity contribution is -0.384. The Hall–Kier alpha value is -3.15. The van der Waals surface area contributed by atoms with E-state index >= 15 is 0 Å². The number of rotatable bonds is 4. The van der Waals surface area contributed by atoms with E-state index in [4.69, 9.17) is 20.8 Å². The van der Waals surface area contributed by atoms with Gasteiger partial charge in [0.2, 0.25) is 0 Å². The Bertz CT molecular complexity index is 954. The van der Waals surface area contributed by atoms with Crippen molar-refractivity contribution in [3.8, 4) is 17.4 Å². The molecule has 27 heavy (non-hydrogen) atoms. The molecule has 9 heteroatoms. The molecule has 1 saturated heterocycles. The Morgan fingerprint density at radius 3 is 2.70 bits per heavy atom. The molecule has 0 atom stereocenters. The van der Waals surface area contributed by atoms with Crippen molar-refractivity contribution in [3.05, 3.63) is 56.8 Å². The minimum absolute atomic E-state index is 0.0262. The molecule has 1 aliphatic heterocycles. The van der Waals surface area contributed by atoms with Crippen LogP contribution in [0.2, 0.25) is 5.02 Å². The summed E-state index contributed by atoms with van der Waals surface area (Å²) in [6.07, 6.45) is 1.35. The predicted octanol–water partition coefficient (Wildman–Crippen LogP) is 3.27. The molecular weight excluding hydrogens is 374 g/mol. The van der Waals surface area contributed by atoms with Gasteiger partial charge in [-0.05, 0) is 24.3 Å². The van der Waals surface area contributed by atoms with Crippen molar-refractivity contribution in [2.24, 2.45) is 0 Å². The number of carbonyl (C=O) groups is 1. The second-order valence-electron chi connectivity index (χ2n) is 5.70. The molecule has 138 valence electrons. The van der Waals surface area contributed by atoms with Crippen LogP contribution in [0.3, 0.4) is 0 Å². The quantitative estimate of drug-likeness (QED) is 0.344. The number of hydrogen-bond donors (Lipinski definition) is 0. The van der Waals surface area contributed by atoms with Gasteiger partial charge < -0.3 is 14.1 Å². The first kappa shape index (κ1) is 18.6. The van der Waals surface area contributed by atoms with E-state index in [9.17, 15) is 20.2 Å². The average Bonchev–Trinajstić information content (AvgIpc) is 3.15. The number of carbonyl (C=O) groups excluding carboxylic acids is 1. The van der Waals surface area contributed by atoms with Gasteiger partial charge in [0.15, 0.2) is 0 Å². The second-order valence-corrected chi connectivity index (χ2v) is 6.11. The number of hydrogen-bond acceptors (Lipinski definition) is 6. The van der Waals surface area contributed by atoms with Crippen LogP contribution in [0, 0.1) is 21.4 Å². The number of benzene rings is 1. The van der Waals surface area contributed by atoms with Gasteiger partial charge in [0.1, 0.15) is 28.2 Å². The maximum atomic E-state index is 12.4. The highest BCUT2D eigenvalue weighted by Gasteiger charge is 2.21. The standard InChI is InChI=1S/C18H14ClN3O5/c19-15-3-1-12(10-16(15)22(24)25)17-4-2-14(27-17)9-13(11-20)18(23)21-5-7-26-8-6-21/h1-4,9-10H,5-8H2/b13-9+. The summed E-state index contributed by atoms with van der Waals surface area (Å²) in [5, 5.41) is 20.4. The summed E-state index contributed by atoms with van der Waals surface area (Å²) in [6.45, 7) is 1.72. The third kappa shape index (κ3) is 4.16. The summed E-state index contributed by atoms with van der Waals surface area (Å²) < 4.78 is 10.8. The molecule has 1 aliphatic rings. The van der Waals surface area contributed by atoms with E-state index < -0.39 is 4.92 Å². The molecule has 2 aromatic rings. The van der Waals surface area contributed by atoms with E-state index in [0.29, 0.717) is 43.4 Å². The maximum Gasteiger partial charge on any atom is 0.288 e. The lowest BCUT2D eigenvalue weighted by Gasteiger charge is -2.26. The molecule has 8 nitrogen and oxygen atoms in total. The van der Waals surface area contributed by atoms with E-state index in [1.165, 1.54) is 18.2 Å². The Balaban J connectivity index is 1.85. The van der Waals surface area contributed by atoms with Crippen molar-refractivity contribution in [2.75, 3.05) is 26.3 Å². The van der Waals surface area contributed by atoms with Crippen LogP contribution in [0.25, 0.3) is 17.4 Å². The molecule has 1 aromatic carbocycles. The summed E-state index contributed by atoms with van der Waals surface area (Å²) in [4.78, 5) is 24.4. The van der Waals surface area contributed by atoms with Gasteiger partial charge >= 0.3 is 0 Å². The van der Waals surface area contributed by atoms with E-state index in [1.54, 1.807) is 23.1 Å². The van der Waals surface area contributed by atoms with Crippen LogP contribution in [-0.2, 0) is 9.53 Å². The van der Waals surface area contributed by atoms with Gasteiger partial charge in [-0.3, -0.25) is 14.9 Å². The number of ether oxygens (including phenoxy) is 1. The first-order chi connectivity index (χ1) is 13.0. The van der Waals surface area contributed by atoms with Crippen molar-refractivity contribution >= 4 is 29.3 Å². The SMILES string of the molecule is N#C/C(=C\c1ccc(-c2ccc(Cl)c([N+](=O)[O-])c2)o1)C(=O)N1CCOCC1. The summed E-state index contributed by atoms with van der Waals surface area (Å²) in [5.74, 6) is 0.263. The molecule has 0 aliphatic carbocycles. The third-order valence-electron chi connectivity index (χ3n) is 3.99. The number of furan rings is 1. The molecule has 1 fully saturated rings. The summed E-state index contributed by atoms with van der Waals surface area (Å²) in [7, 11) is 0. The number of nitrogens with zero attached hydrogens (tertiary/aromatic N) is 3. The minimum atomic E-state index is -0.579. The zero-order valence-electron chi connectivity index (χ0n) is 14.1. The fraction of sp³-hybridized carbons (Fsp3) is 0.222. The summed E-state index contributed by atoms with van der Waals surface area (Å²) in [6, 6.07) is 9.38. The lowest BCUT2D eigenvalue weighted by Crippen LogP contribution is -2.41. The van der Waals surface area contributed by atoms with Crippen molar-refractivity contribution in [2.45, 2.75) is 0 Å². The van der Waals surface area contributed by atoms with Gasteiger partial charge in [0.05, 0.1) is 18.1 Å². The third-order valence-corrected chi connectivity index (χ3v) is 4.31. The van der Waals surface area contributed by atoms with E-state index in [2.05, 4.69) is 0 Å². The first-order valence-electron chi connectivity index (χ1n) is 8.02. The number of nitro benzene ring substituents is 1. The Morgan fingerprint density at radius 2 is 2.04 bits per heavy atom. The van der Waals surface area contributed by atoms with Crippen molar-refractivity contribution in [1.29, 1.82) is 5.26 Å². The molecule has 2 heterocycles. The summed E-state index contributed by atoms with van der Waals surface area (Å²) >= 11 is 5.81. The number of amides is 1. The van der Waals surface area contributed by atoms with Crippen LogP contribution in [0.5, 0.6) is 0 Å². The molecule has 0 bridgehead atoms. The average molecular weight is 388 g/mol. The van der Waals surface area contributed by atoms with Gasteiger partial charge in [-0.2, -0.15) is 5.26 Å². The Labute approximate surface area is 159 Å². The second kappa shape index (κ2) is 8.03. The van der Waals surface area contributed by atoms with Gasteiger partial charge in [0, 0.05) is 30.8 Å². The van der Waals surface area contributed by atoms with Crippen LogP contribution in [0.4, 0.5) is 5.69 Å². The zero-order valence-corrected chi connectivity index (χ0v) is 14.8. The molecular formula is C18H14ClN3O5. The number of morpholine rings is 1. The largest absolute Gasteiger partial charge is 0.457 e. The Kier molecular flexibility index (Phi) is 5.54. The first-order valence-corrected chi connectivity index (χ1v) is 8.40. The van der Waals surface area contributed by atoms with Crippen LogP contribution >= 0.6 is 11.6 Å². The van der Waals surface area contributed by atoms with Crippen LogP contribution in [0.15, 0.2) is 40.3 Å². The maximum absolute atomic E-state index is 12.4. The van der Waals surface area contributed by atoms with Crippen molar-refractivity contribution < 1.29 is 18.9 Å². The molecule has 3 rings (SSSR count). The lowest BCUT2D eigenvalue weighted by atomic mass is 10.1. The molecule has 0 saturated carbocycles. The van der Waals surface area contributed by atoms with Crippen molar-refractivity contribution in [3.63, 3.8) is 0 Å². The highest BCUT2D eigenvalue weighted by atomic mass is 35.5. The molecule has 0 unspecified atom stereocenters. The normalized spacial score (nSPS) is 14.7. The van der Waals surface area contributed by atoms with E-state index in [-0.39, 0.29) is 22.2 Å². The van der Waals surface area contributed by atoms with Gasteiger partial charge in [-0.15, -0.1) is 0 Å². The molecule has 1 amide bonds. The molecule has 1 aromatic heterocycles. The van der Waals surface area contributed by atoms with Crippen LogP contribution in [-0.4, -0.2) is 42.0 Å². The highest BCUT2D eigenvalue weighted by Crippen LogP contribution is 2.31. The van der Waals surface area contributed by atoms with Crippen molar-refractivity contribution in [1.82, 2.24) is 4.90 Å². The van der Waals surface area contributed by atoms with E-state index in [1.807, 2.05) is 6.07 Å². The monoisotopic (exact) mass is 387 g/mol. The highest BCUT2D eigenvalue weighted by molar-refractivity contribution is 6.32. The zero-order chi connectivity index (χ0) is 19.4.